The Labute approximate surface area is 187 Å². The van der Waals surface area contributed by atoms with E-state index in [1.165, 1.54) is 5.57 Å². The average Bonchev–Trinajstić information content (AvgIpc) is 3.05. The molecule has 0 amide bonds. The van der Waals surface area contributed by atoms with Crippen LogP contribution < -0.4 is 0 Å². The van der Waals surface area contributed by atoms with Crippen LogP contribution >= 0.6 is 0 Å². The summed E-state index contributed by atoms with van der Waals surface area (Å²) in [5.41, 5.74) is -0.180. The van der Waals surface area contributed by atoms with E-state index >= 15 is 0 Å². The monoisotopic (exact) mass is 430 g/mol. The molecule has 0 saturated heterocycles. The molecule has 4 heteroatoms. The Morgan fingerprint density at radius 1 is 1.26 bits per heavy atom. The van der Waals surface area contributed by atoms with Gasteiger partial charge in [0.25, 0.3) is 0 Å². The van der Waals surface area contributed by atoms with E-state index in [0.29, 0.717) is 30.6 Å². The highest BCUT2D eigenvalue weighted by Gasteiger charge is 2.65. The summed E-state index contributed by atoms with van der Waals surface area (Å²) in [5, 5.41) is 33.5. The fourth-order valence-electron chi connectivity index (χ4n) is 8.24. The molecule has 31 heavy (non-hydrogen) atoms. The summed E-state index contributed by atoms with van der Waals surface area (Å²) < 4.78 is 0. The van der Waals surface area contributed by atoms with Crippen molar-refractivity contribution >= 4 is 5.78 Å². The van der Waals surface area contributed by atoms with Gasteiger partial charge in [-0.1, -0.05) is 44.9 Å². The number of rotatable bonds is 5. The summed E-state index contributed by atoms with van der Waals surface area (Å²) in [7, 11) is 0. The maximum Gasteiger partial charge on any atom is 0.155 e. The van der Waals surface area contributed by atoms with Gasteiger partial charge in [0.15, 0.2) is 5.78 Å². The third kappa shape index (κ3) is 3.57. The van der Waals surface area contributed by atoms with Crippen molar-refractivity contribution < 1.29 is 20.1 Å². The maximum absolute atomic E-state index is 12.1. The van der Waals surface area contributed by atoms with Gasteiger partial charge in [-0.05, 0) is 80.6 Å². The minimum Gasteiger partial charge on any atom is -0.396 e. The number of aliphatic hydroxyl groups is 3. The lowest BCUT2D eigenvalue weighted by Gasteiger charge is -2.59. The minimum absolute atomic E-state index is 0.0217. The third-order valence-electron chi connectivity index (χ3n) is 10.0. The van der Waals surface area contributed by atoms with Crippen LogP contribution in [0.2, 0.25) is 0 Å². The van der Waals surface area contributed by atoms with Crippen molar-refractivity contribution in [3.8, 4) is 0 Å². The first kappa shape index (κ1) is 23.2. The number of carbonyl (C=O) groups excluding carboxylic acids is 1. The van der Waals surface area contributed by atoms with Gasteiger partial charge in [0.1, 0.15) is 0 Å². The van der Waals surface area contributed by atoms with Gasteiger partial charge in [-0.15, -0.1) is 0 Å². The number of ketones is 1. The van der Waals surface area contributed by atoms with Crippen LogP contribution in [0.3, 0.4) is 0 Å². The third-order valence-corrected chi connectivity index (χ3v) is 10.0. The van der Waals surface area contributed by atoms with Gasteiger partial charge in [-0.2, -0.15) is 0 Å². The highest BCUT2D eigenvalue weighted by Crippen LogP contribution is 2.67. The predicted octanol–water partition coefficient (Wildman–Crippen LogP) is 4.43. The Balaban J connectivity index is 1.66. The smallest absolute Gasteiger partial charge is 0.155 e. The van der Waals surface area contributed by atoms with E-state index in [0.717, 1.165) is 38.5 Å². The van der Waals surface area contributed by atoms with Crippen LogP contribution in [0.15, 0.2) is 23.8 Å². The van der Waals surface area contributed by atoms with Crippen molar-refractivity contribution in [3.63, 3.8) is 0 Å². The lowest BCUT2D eigenvalue weighted by molar-refractivity contribution is -0.132. The standard InChI is InChI=1S/C27H42O4/c1-5-17(2)8-12-26(4,31)24-23(30)15-22-20-7-6-18-14-19(29)9-11-25(18,3)21(20)10-13-27(22,24)16-28/h8,12,14,17,20-24,28,30-31H,5-7,9-11,13,15-16H2,1-4H3/b12-8+/t17?,20?,21?,22?,23-,24?,25-,26?,27+/m0/s1. The predicted molar refractivity (Wildman–Crippen MR) is 122 cm³/mol. The Bertz CT molecular complexity index is 767. The van der Waals surface area contributed by atoms with Crippen LogP contribution in [-0.2, 0) is 4.79 Å². The van der Waals surface area contributed by atoms with Gasteiger partial charge in [-0.3, -0.25) is 4.79 Å². The fourth-order valence-corrected chi connectivity index (χ4v) is 8.24. The second kappa shape index (κ2) is 8.11. The lowest BCUT2D eigenvalue weighted by atomic mass is 9.46. The van der Waals surface area contributed by atoms with E-state index in [1.807, 2.05) is 19.1 Å². The Morgan fingerprint density at radius 2 is 2.00 bits per heavy atom. The summed E-state index contributed by atoms with van der Waals surface area (Å²) >= 11 is 0. The molecule has 0 heterocycles. The first-order chi connectivity index (χ1) is 14.6. The quantitative estimate of drug-likeness (QED) is 0.564. The van der Waals surface area contributed by atoms with Gasteiger partial charge >= 0.3 is 0 Å². The van der Waals surface area contributed by atoms with E-state index in [1.54, 1.807) is 0 Å². The molecule has 3 N–H and O–H groups in total. The van der Waals surface area contributed by atoms with Crippen molar-refractivity contribution in [2.75, 3.05) is 6.61 Å². The Hall–Kier alpha value is -0.970. The topological polar surface area (TPSA) is 77.8 Å². The van der Waals surface area contributed by atoms with Gasteiger partial charge in [-0.25, -0.2) is 0 Å². The van der Waals surface area contributed by atoms with Crippen LogP contribution in [0, 0.1) is 40.4 Å². The Morgan fingerprint density at radius 3 is 2.68 bits per heavy atom. The van der Waals surface area contributed by atoms with E-state index in [2.05, 4.69) is 26.8 Å². The molecule has 6 unspecified atom stereocenters. The summed E-state index contributed by atoms with van der Waals surface area (Å²) in [6.07, 6.45) is 12.3. The lowest BCUT2D eigenvalue weighted by Crippen LogP contribution is -2.56. The molecule has 0 spiro atoms. The van der Waals surface area contributed by atoms with E-state index in [4.69, 9.17) is 0 Å². The molecule has 174 valence electrons. The highest BCUT2D eigenvalue weighted by atomic mass is 16.3. The largest absolute Gasteiger partial charge is 0.396 e. The highest BCUT2D eigenvalue weighted by molar-refractivity contribution is 5.91. The maximum atomic E-state index is 12.1. The molecule has 4 aliphatic rings. The van der Waals surface area contributed by atoms with E-state index in [9.17, 15) is 20.1 Å². The normalized spacial score (nSPS) is 45.5. The van der Waals surface area contributed by atoms with Crippen LogP contribution in [0.1, 0.15) is 79.1 Å². The number of hydrogen-bond acceptors (Lipinski definition) is 4. The van der Waals surface area contributed by atoms with Crippen molar-refractivity contribution in [1.82, 2.24) is 0 Å². The van der Waals surface area contributed by atoms with Gasteiger partial charge in [0, 0.05) is 24.4 Å². The number of hydrogen-bond donors (Lipinski definition) is 3. The molecule has 0 bridgehead atoms. The van der Waals surface area contributed by atoms with Crippen LogP contribution in [0.4, 0.5) is 0 Å². The first-order valence-electron chi connectivity index (χ1n) is 12.5. The molecule has 0 radical (unpaired) electrons. The number of fused-ring (bicyclic) bond motifs is 5. The van der Waals surface area contributed by atoms with Crippen molar-refractivity contribution in [2.45, 2.75) is 90.8 Å². The summed E-state index contributed by atoms with van der Waals surface area (Å²) in [6, 6.07) is 0. The number of aliphatic hydroxyl groups excluding tert-OH is 2. The number of carbonyl (C=O) groups is 1. The fraction of sp³-hybridized carbons (Fsp3) is 0.815. The molecule has 0 aromatic carbocycles. The SMILES string of the molecule is CCC(C)/C=C/C(C)(O)C1[C@@H](O)CC2C3CCC4=CC(=O)CC[C@]4(C)C3CC[C@@]21CO. The van der Waals surface area contributed by atoms with Gasteiger partial charge in [0.2, 0.25) is 0 Å². The van der Waals surface area contributed by atoms with Crippen LogP contribution in [0.25, 0.3) is 0 Å². The van der Waals surface area contributed by atoms with Crippen molar-refractivity contribution in [3.05, 3.63) is 23.8 Å². The molecule has 4 aliphatic carbocycles. The molecule has 0 aromatic rings. The molecule has 3 fully saturated rings. The number of allylic oxidation sites excluding steroid dienone is 2. The van der Waals surface area contributed by atoms with Gasteiger partial charge in [0.05, 0.1) is 11.7 Å². The summed E-state index contributed by atoms with van der Waals surface area (Å²) in [6.45, 7) is 8.46. The average molecular weight is 431 g/mol. The molecule has 4 rings (SSSR count). The van der Waals surface area contributed by atoms with Gasteiger partial charge < -0.3 is 15.3 Å². The molecular weight excluding hydrogens is 388 g/mol. The van der Waals surface area contributed by atoms with E-state index < -0.39 is 17.1 Å². The second-order valence-electron chi connectivity index (χ2n) is 11.7. The summed E-state index contributed by atoms with van der Waals surface area (Å²) in [4.78, 5) is 12.1. The molecule has 0 aliphatic heterocycles. The van der Waals surface area contributed by atoms with Crippen LogP contribution in [0.5, 0.6) is 0 Å². The zero-order valence-corrected chi connectivity index (χ0v) is 19.8. The zero-order valence-electron chi connectivity index (χ0n) is 19.8. The van der Waals surface area contributed by atoms with E-state index in [-0.39, 0.29) is 29.6 Å². The molecule has 4 nitrogen and oxygen atoms in total. The summed E-state index contributed by atoms with van der Waals surface area (Å²) in [5.74, 6) is 1.44. The molecule has 0 aromatic heterocycles. The second-order valence-corrected chi connectivity index (χ2v) is 11.7. The van der Waals surface area contributed by atoms with Crippen molar-refractivity contribution in [2.24, 2.45) is 40.4 Å². The Kier molecular flexibility index (Phi) is 6.07. The first-order valence-corrected chi connectivity index (χ1v) is 12.5. The molecular formula is C27H42O4. The molecule has 9 atom stereocenters. The minimum atomic E-state index is -1.14. The van der Waals surface area contributed by atoms with Crippen molar-refractivity contribution in [1.29, 1.82) is 0 Å². The zero-order chi connectivity index (χ0) is 22.6. The molecule has 3 saturated carbocycles. The van der Waals surface area contributed by atoms with Crippen LogP contribution in [-0.4, -0.2) is 39.4 Å².